The molecule has 1 atom stereocenters. The van der Waals surface area contributed by atoms with E-state index in [-0.39, 0.29) is 18.0 Å². The van der Waals surface area contributed by atoms with Crippen LogP contribution in [0.4, 0.5) is 16.2 Å². The molecule has 1 fully saturated rings. The van der Waals surface area contributed by atoms with Crippen LogP contribution < -0.4 is 15.5 Å². The van der Waals surface area contributed by atoms with E-state index in [1.54, 1.807) is 4.90 Å². The SMILES string of the molecule is C[C@@H]1CCC(=O)N1c1cccc(NC(=O)NCCc2ccccc2Cl)c1. The first kappa shape index (κ1) is 18.3. The van der Waals surface area contributed by atoms with E-state index in [2.05, 4.69) is 10.6 Å². The molecule has 0 spiro atoms. The molecule has 0 aromatic heterocycles. The maximum Gasteiger partial charge on any atom is 0.319 e. The number of anilines is 2. The average Bonchev–Trinajstić information content (AvgIpc) is 2.95. The van der Waals surface area contributed by atoms with Crippen LogP contribution in [-0.4, -0.2) is 24.5 Å². The largest absolute Gasteiger partial charge is 0.338 e. The third-order valence-electron chi connectivity index (χ3n) is 4.51. The molecule has 1 aliphatic heterocycles. The minimum Gasteiger partial charge on any atom is -0.338 e. The van der Waals surface area contributed by atoms with Gasteiger partial charge in [0.15, 0.2) is 0 Å². The van der Waals surface area contributed by atoms with Crippen LogP contribution in [-0.2, 0) is 11.2 Å². The summed E-state index contributed by atoms with van der Waals surface area (Å²) in [7, 11) is 0. The summed E-state index contributed by atoms with van der Waals surface area (Å²) in [5, 5.41) is 6.34. The second kappa shape index (κ2) is 8.23. The molecular weight excluding hydrogens is 350 g/mol. The fourth-order valence-electron chi connectivity index (χ4n) is 3.15. The molecule has 1 saturated heterocycles. The highest BCUT2D eigenvalue weighted by molar-refractivity contribution is 6.31. The van der Waals surface area contributed by atoms with Crippen LogP contribution in [0.2, 0.25) is 5.02 Å². The second-order valence-corrected chi connectivity index (χ2v) is 6.83. The van der Waals surface area contributed by atoms with E-state index in [9.17, 15) is 9.59 Å². The van der Waals surface area contributed by atoms with E-state index in [1.165, 1.54) is 0 Å². The van der Waals surface area contributed by atoms with Gasteiger partial charge in [0.2, 0.25) is 5.91 Å². The summed E-state index contributed by atoms with van der Waals surface area (Å²) >= 11 is 6.11. The third kappa shape index (κ3) is 4.35. The molecule has 0 radical (unpaired) electrons. The molecule has 0 unspecified atom stereocenters. The minimum atomic E-state index is -0.282. The minimum absolute atomic E-state index is 0.124. The number of nitrogens with one attached hydrogen (secondary N) is 2. The highest BCUT2D eigenvalue weighted by Gasteiger charge is 2.28. The van der Waals surface area contributed by atoms with Gasteiger partial charge in [0.05, 0.1) is 0 Å². The van der Waals surface area contributed by atoms with Gasteiger partial charge in [-0.3, -0.25) is 4.79 Å². The zero-order valence-electron chi connectivity index (χ0n) is 14.7. The zero-order valence-corrected chi connectivity index (χ0v) is 15.4. The first-order valence-electron chi connectivity index (χ1n) is 8.75. The van der Waals surface area contributed by atoms with Gasteiger partial charge < -0.3 is 15.5 Å². The first-order valence-corrected chi connectivity index (χ1v) is 9.13. The predicted molar refractivity (Wildman–Crippen MR) is 105 cm³/mol. The average molecular weight is 372 g/mol. The number of benzene rings is 2. The highest BCUT2D eigenvalue weighted by atomic mass is 35.5. The van der Waals surface area contributed by atoms with E-state index in [4.69, 9.17) is 11.6 Å². The molecule has 0 saturated carbocycles. The Hall–Kier alpha value is -2.53. The summed E-state index contributed by atoms with van der Waals surface area (Å²) in [6.07, 6.45) is 2.09. The Balaban J connectivity index is 1.55. The number of rotatable bonds is 5. The van der Waals surface area contributed by atoms with Gasteiger partial charge in [-0.2, -0.15) is 0 Å². The van der Waals surface area contributed by atoms with Crippen molar-refractivity contribution in [1.82, 2.24) is 5.32 Å². The molecule has 2 aromatic rings. The van der Waals surface area contributed by atoms with E-state index in [1.807, 2.05) is 55.5 Å². The van der Waals surface area contributed by atoms with Crippen LogP contribution >= 0.6 is 11.6 Å². The summed E-state index contributed by atoms with van der Waals surface area (Å²) in [4.78, 5) is 25.9. The number of urea groups is 1. The van der Waals surface area contributed by atoms with Gasteiger partial charge in [-0.1, -0.05) is 35.9 Å². The van der Waals surface area contributed by atoms with E-state index in [0.717, 1.165) is 17.7 Å². The fourth-order valence-corrected chi connectivity index (χ4v) is 3.38. The first-order chi connectivity index (χ1) is 12.5. The van der Waals surface area contributed by atoms with Crippen LogP contribution in [0.15, 0.2) is 48.5 Å². The highest BCUT2D eigenvalue weighted by Crippen LogP contribution is 2.28. The van der Waals surface area contributed by atoms with E-state index in [0.29, 0.717) is 30.1 Å². The molecule has 1 heterocycles. The molecule has 26 heavy (non-hydrogen) atoms. The quantitative estimate of drug-likeness (QED) is 0.826. The van der Waals surface area contributed by atoms with E-state index >= 15 is 0 Å². The molecule has 0 aliphatic carbocycles. The standard InChI is InChI=1S/C20H22ClN3O2/c1-14-9-10-19(25)24(14)17-7-4-6-16(13-17)23-20(26)22-12-11-15-5-2-3-8-18(15)21/h2-8,13-14H,9-12H2,1H3,(H2,22,23,26)/t14-/m1/s1. The number of carbonyl (C=O) groups is 2. The van der Waals surface area contributed by atoms with Crippen molar-refractivity contribution in [3.63, 3.8) is 0 Å². The molecule has 136 valence electrons. The topological polar surface area (TPSA) is 61.4 Å². The van der Waals surface area contributed by atoms with Gasteiger partial charge >= 0.3 is 6.03 Å². The summed E-state index contributed by atoms with van der Waals surface area (Å²) < 4.78 is 0. The van der Waals surface area contributed by atoms with Crippen molar-refractivity contribution in [2.75, 3.05) is 16.8 Å². The van der Waals surface area contributed by atoms with Gasteiger partial charge in [-0.05, 0) is 49.6 Å². The van der Waals surface area contributed by atoms with Crippen molar-refractivity contribution in [3.8, 4) is 0 Å². The maximum atomic E-state index is 12.1. The third-order valence-corrected chi connectivity index (χ3v) is 4.87. The molecule has 2 aromatic carbocycles. The van der Waals surface area contributed by atoms with Crippen molar-refractivity contribution in [2.45, 2.75) is 32.2 Å². The summed E-state index contributed by atoms with van der Waals surface area (Å²) in [6, 6.07) is 14.8. The molecular formula is C20H22ClN3O2. The van der Waals surface area contributed by atoms with Crippen molar-refractivity contribution in [3.05, 3.63) is 59.1 Å². The number of carbonyl (C=O) groups excluding carboxylic acids is 2. The second-order valence-electron chi connectivity index (χ2n) is 6.42. The lowest BCUT2D eigenvalue weighted by molar-refractivity contribution is -0.117. The number of nitrogens with zero attached hydrogens (tertiary/aromatic N) is 1. The molecule has 5 nitrogen and oxygen atoms in total. The monoisotopic (exact) mass is 371 g/mol. The van der Waals surface area contributed by atoms with Gasteiger partial charge in [0, 0.05) is 35.4 Å². The van der Waals surface area contributed by atoms with Gasteiger partial charge in [-0.25, -0.2) is 4.79 Å². The van der Waals surface area contributed by atoms with Crippen LogP contribution in [0.25, 0.3) is 0 Å². The van der Waals surface area contributed by atoms with Gasteiger partial charge in [-0.15, -0.1) is 0 Å². The number of hydrogen-bond donors (Lipinski definition) is 2. The molecule has 2 N–H and O–H groups in total. The van der Waals surface area contributed by atoms with Crippen LogP contribution in [0.5, 0.6) is 0 Å². The number of halogens is 1. The number of hydrogen-bond acceptors (Lipinski definition) is 2. The van der Waals surface area contributed by atoms with Crippen molar-refractivity contribution >= 4 is 34.9 Å². The number of amides is 3. The Morgan fingerprint density at radius 1 is 1.23 bits per heavy atom. The Labute approximate surface area is 158 Å². The molecule has 1 aliphatic rings. The lowest BCUT2D eigenvalue weighted by atomic mass is 10.1. The molecule has 3 rings (SSSR count). The summed E-state index contributed by atoms with van der Waals surface area (Å²) in [6.45, 7) is 2.52. The fraction of sp³-hybridized carbons (Fsp3) is 0.300. The van der Waals surface area contributed by atoms with Gasteiger partial charge in [0.1, 0.15) is 0 Å². The van der Waals surface area contributed by atoms with E-state index < -0.39 is 0 Å². The normalized spacial score (nSPS) is 16.6. The molecule has 6 heteroatoms. The lowest BCUT2D eigenvalue weighted by Gasteiger charge is -2.22. The summed E-state index contributed by atoms with van der Waals surface area (Å²) in [5.74, 6) is 0.124. The molecule has 0 bridgehead atoms. The Kier molecular flexibility index (Phi) is 5.78. The molecule has 3 amide bonds. The Bertz CT molecular complexity index is 809. The van der Waals surface area contributed by atoms with Crippen molar-refractivity contribution in [1.29, 1.82) is 0 Å². The smallest absolute Gasteiger partial charge is 0.319 e. The van der Waals surface area contributed by atoms with Crippen LogP contribution in [0.3, 0.4) is 0 Å². The van der Waals surface area contributed by atoms with Crippen LogP contribution in [0.1, 0.15) is 25.3 Å². The van der Waals surface area contributed by atoms with Crippen LogP contribution in [0, 0.1) is 0 Å². The summed E-state index contributed by atoms with van der Waals surface area (Å²) in [5.41, 5.74) is 2.47. The van der Waals surface area contributed by atoms with Gasteiger partial charge in [0.25, 0.3) is 0 Å². The lowest BCUT2D eigenvalue weighted by Crippen LogP contribution is -2.32. The zero-order chi connectivity index (χ0) is 18.5. The maximum absolute atomic E-state index is 12.1. The Morgan fingerprint density at radius 3 is 2.77 bits per heavy atom. The Morgan fingerprint density at radius 2 is 2.04 bits per heavy atom. The predicted octanol–water partition coefficient (Wildman–Crippen LogP) is 4.22. The van der Waals surface area contributed by atoms with Crippen molar-refractivity contribution < 1.29 is 9.59 Å². The van der Waals surface area contributed by atoms with Crippen molar-refractivity contribution in [2.24, 2.45) is 0 Å².